The summed E-state index contributed by atoms with van der Waals surface area (Å²) in [4.78, 5) is 1.11. The van der Waals surface area contributed by atoms with Gasteiger partial charge in [-0.1, -0.05) is 55.7 Å². The summed E-state index contributed by atoms with van der Waals surface area (Å²) in [5.74, 6) is 0.359. The molecule has 0 spiro atoms. The second kappa shape index (κ2) is 10.6. The van der Waals surface area contributed by atoms with Gasteiger partial charge in [-0.3, -0.25) is 0 Å². The Morgan fingerprint density at radius 2 is 1.81 bits per heavy atom. The molecule has 1 fully saturated rings. The average molecular weight is 410 g/mol. The molecule has 1 aliphatic carbocycles. The van der Waals surface area contributed by atoms with Gasteiger partial charge in [-0.25, -0.2) is 0 Å². The number of hydrogen-bond donors (Lipinski definition) is 3. The molecule has 1 aliphatic rings. The predicted molar refractivity (Wildman–Crippen MR) is 107 cm³/mol. The van der Waals surface area contributed by atoms with E-state index in [4.69, 9.17) is 0 Å². The number of rotatable bonds is 8. The van der Waals surface area contributed by atoms with Crippen LogP contribution in [-0.2, 0) is 5.60 Å². The van der Waals surface area contributed by atoms with E-state index in [1.807, 2.05) is 36.4 Å². The number of aliphatic hydroxyl groups is 2. The van der Waals surface area contributed by atoms with E-state index in [0.29, 0.717) is 5.92 Å². The summed E-state index contributed by atoms with van der Waals surface area (Å²) in [7, 11) is 0. The van der Waals surface area contributed by atoms with E-state index in [-0.39, 0.29) is 18.4 Å². The molecule has 3 nitrogen and oxygen atoms in total. The SMILES string of the molecule is CC([NH2+]CCC(O)(c1cccs1)C1CCCCC1)C(O)c1ccccc1.[Cl-]. The summed E-state index contributed by atoms with van der Waals surface area (Å²) in [6, 6.07) is 14.0. The third-order valence-corrected chi connectivity index (χ3v) is 6.97. The lowest BCUT2D eigenvalue weighted by Crippen LogP contribution is -3.00. The standard InChI is InChI=1S/C22H31NO2S.ClH/c1-17(21(24)18-9-4-2-5-10-18)23-15-14-22(25,20-13-8-16-26-20)19-11-6-3-7-12-19;/h2,4-5,8-10,13,16-17,19,21,23-25H,3,6-7,11-12,14-15H2,1H3;1H. The van der Waals surface area contributed by atoms with E-state index in [9.17, 15) is 10.2 Å². The molecule has 0 amide bonds. The number of nitrogens with two attached hydrogens (primary N) is 1. The topological polar surface area (TPSA) is 57.1 Å². The third kappa shape index (κ3) is 5.55. The maximum Gasteiger partial charge on any atom is 0.130 e. The van der Waals surface area contributed by atoms with Gasteiger partial charge in [-0.2, -0.15) is 0 Å². The quantitative estimate of drug-likeness (QED) is 0.598. The Labute approximate surface area is 173 Å². The van der Waals surface area contributed by atoms with Crippen LogP contribution < -0.4 is 17.7 Å². The van der Waals surface area contributed by atoms with E-state index in [0.717, 1.165) is 36.2 Å². The van der Waals surface area contributed by atoms with Crippen molar-refractivity contribution in [1.29, 1.82) is 0 Å². The minimum atomic E-state index is -0.720. The van der Waals surface area contributed by atoms with Gasteiger partial charge in [0.15, 0.2) is 0 Å². The third-order valence-electron chi connectivity index (χ3n) is 5.93. The molecular weight excluding hydrogens is 378 g/mol. The molecule has 27 heavy (non-hydrogen) atoms. The molecule has 3 unspecified atom stereocenters. The van der Waals surface area contributed by atoms with Crippen LogP contribution in [0.4, 0.5) is 0 Å². The first-order valence-corrected chi connectivity index (χ1v) is 10.8. The molecule has 0 bridgehead atoms. The van der Waals surface area contributed by atoms with Crippen molar-refractivity contribution >= 4 is 11.3 Å². The summed E-state index contributed by atoms with van der Waals surface area (Å²) >= 11 is 1.67. The summed E-state index contributed by atoms with van der Waals surface area (Å²) in [6.45, 7) is 2.87. The molecule has 0 aliphatic heterocycles. The van der Waals surface area contributed by atoms with Gasteiger partial charge in [-0.05, 0) is 42.7 Å². The lowest BCUT2D eigenvalue weighted by atomic mass is 9.74. The number of quaternary nitrogens is 1. The molecule has 5 heteroatoms. The van der Waals surface area contributed by atoms with Gasteiger partial charge >= 0.3 is 0 Å². The largest absolute Gasteiger partial charge is 1.00 e. The highest BCUT2D eigenvalue weighted by molar-refractivity contribution is 7.10. The zero-order valence-corrected chi connectivity index (χ0v) is 17.6. The van der Waals surface area contributed by atoms with Crippen LogP contribution in [0.15, 0.2) is 47.8 Å². The number of hydrogen-bond acceptors (Lipinski definition) is 3. The highest BCUT2D eigenvalue weighted by Crippen LogP contribution is 2.42. The van der Waals surface area contributed by atoms with E-state index >= 15 is 0 Å². The van der Waals surface area contributed by atoms with E-state index in [1.165, 1.54) is 19.3 Å². The zero-order chi connectivity index (χ0) is 18.4. The molecule has 1 aromatic carbocycles. The molecule has 2 aromatic rings. The molecule has 4 N–H and O–H groups in total. The fourth-order valence-corrected chi connectivity index (χ4v) is 5.22. The maximum atomic E-state index is 11.6. The fraction of sp³-hybridized carbons (Fsp3) is 0.545. The fourth-order valence-electron chi connectivity index (χ4n) is 4.28. The molecule has 3 rings (SSSR count). The van der Waals surface area contributed by atoms with E-state index in [2.05, 4.69) is 23.7 Å². The average Bonchev–Trinajstić information content (AvgIpc) is 3.24. The minimum absolute atomic E-state index is 0. The van der Waals surface area contributed by atoms with Crippen LogP contribution in [0.1, 0.15) is 62.0 Å². The van der Waals surface area contributed by atoms with Crippen LogP contribution >= 0.6 is 11.3 Å². The van der Waals surface area contributed by atoms with Crippen molar-refractivity contribution in [2.45, 2.75) is 63.2 Å². The first-order valence-electron chi connectivity index (χ1n) is 9.94. The maximum absolute atomic E-state index is 11.6. The van der Waals surface area contributed by atoms with Gasteiger partial charge in [0, 0.05) is 11.3 Å². The lowest BCUT2D eigenvalue weighted by molar-refractivity contribution is -0.696. The summed E-state index contributed by atoms with van der Waals surface area (Å²) in [5.41, 5.74) is 0.236. The van der Waals surface area contributed by atoms with Crippen molar-refractivity contribution in [3.05, 3.63) is 58.3 Å². The van der Waals surface area contributed by atoms with Crippen LogP contribution in [0.3, 0.4) is 0 Å². The molecule has 0 radical (unpaired) electrons. The van der Waals surface area contributed by atoms with Crippen molar-refractivity contribution in [3.63, 3.8) is 0 Å². The Balaban J connectivity index is 0.00000261. The van der Waals surface area contributed by atoms with Crippen LogP contribution in [0.2, 0.25) is 0 Å². The van der Waals surface area contributed by atoms with Crippen molar-refractivity contribution < 1.29 is 27.9 Å². The van der Waals surface area contributed by atoms with Crippen LogP contribution in [0, 0.1) is 5.92 Å². The monoisotopic (exact) mass is 409 g/mol. The van der Waals surface area contributed by atoms with E-state index < -0.39 is 11.7 Å². The first-order chi connectivity index (χ1) is 12.6. The second-order valence-corrected chi connectivity index (χ2v) is 8.67. The molecule has 0 saturated heterocycles. The summed E-state index contributed by atoms with van der Waals surface area (Å²) in [6.07, 6.45) is 6.25. The lowest BCUT2D eigenvalue weighted by Gasteiger charge is -2.38. The van der Waals surface area contributed by atoms with Gasteiger partial charge < -0.3 is 27.9 Å². The van der Waals surface area contributed by atoms with Gasteiger partial charge in [0.1, 0.15) is 17.7 Å². The summed E-state index contributed by atoms with van der Waals surface area (Å²) in [5, 5.41) is 26.4. The van der Waals surface area contributed by atoms with Crippen molar-refractivity contribution in [1.82, 2.24) is 0 Å². The molecular formula is C22H32ClNO2S. The molecule has 3 atom stereocenters. The molecule has 1 aromatic heterocycles. The van der Waals surface area contributed by atoms with Crippen molar-refractivity contribution in [3.8, 4) is 0 Å². The van der Waals surface area contributed by atoms with Crippen molar-refractivity contribution in [2.24, 2.45) is 5.92 Å². The summed E-state index contributed by atoms with van der Waals surface area (Å²) < 4.78 is 0. The molecule has 1 heterocycles. The van der Waals surface area contributed by atoms with Gasteiger partial charge in [0.25, 0.3) is 0 Å². The van der Waals surface area contributed by atoms with Crippen LogP contribution in [-0.4, -0.2) is 22.8 Å². The second-order valence-electron chi connectivity index (χ2n) is 7.73. The number of halogens is 1. The number of benzene rings is 1. The van der Waals surface area contributed by atoms with Crippen molar-refractivity contribution in [2.75, 3.05) is 6.54 Å². The smallest absolute Gasteiger partial charge is 0.130 e. The highest BCUT2D eigenvalue weighted by atomic mass is 35.5. The van der Waals surface area contributed by atoms with E-state index in [1.54, 1.807) is 11.3 Å². The van der Waals surface area contributed by atoms with Crippen LogP contribution in [0.25, 0.3) is 0 Å². The normalized spacial score (nSPS) is 19.7. The molecule has 1 saturated carbocycles. The Morgan fingerprint density at radius 1 is 1.11 bits per heavy atom. The number of aliphatic hydroxyl groups excluding tert-OH is 1. The Bertz CT molecular complexity index is 646. The highest BCUT2D eigenvalue weighted by Gasteiger charge is 2.40. The Hall–Kier alpha value is -0.910. The predicted octanol–water partition coefficient (Wildman–Crippen LogP) is 0.596. The minimum Gasteiger partial charge on any atom is -1.00 e. The van der Waals surface area contributed by atoms with Crippen LogP contribution in [0.5, 0.6) is 0 Å². The molecule has 150 valence electrons. The number of thiophene rings is 1. The zero-order valence-electron chi connectivity index (χ0n) is 16.1. The van der Waals surface area contributed by atoms with Gasteiger partial charge in [0.2, 0.25) is 0 Å². The Kier molecular flexibility index (Phi) is 8.77. The first kappa shape index (κ1) is 22.4. The van der Waals surface area contributed by atoms with Gasteiger partial charge in [0.05, 0.1) is 6.54 Å². The van der Waals surface area contributed by atoms with Gasteiger partial charge in [-0.15, -0.1) is 11.3 Å². The Morgan fingerprint density at radius 3 is 2.44 bits per heavy atom.